The molecule has 0 radical (unpaired) electrons. The third kappa shape index (κ3) is 4.00. The minimum atomic E-state index is 0.592. The van der Waals surface area contributed by atoms with Gasteiger partial charge in [0.1, 0.15) is 12.4 Å². The molecule has 0 unspecified atom stereocenters. The minimum absolute atomic E-state index is 0.592. The summed E-state index contributed by atoms with van der Waals surface area (Å²) in [6.07, 6.45) is 0. The molecule has 0 saturated carbocycles. The van der Waals surface area contributed by atoms with Crippen LogP contribution < -0.4 is 15.0 Å². The second-order valence-corrected chi connectivity index (χ2v) is 5.03. The van der Waals surface area contributed by atoms with Gasteiger partial charge in [-0.3, -0.25) is 0 Å². The first-order chi connectivity index (χ1) is 9.69. The van der Waals surface area contributed by atoms with Gasteiger partial charge < -0.3 is 15.0 Å². The van der Waals surface area contributed by atoms with Gasteiger partial charge in [-0.15, -0.1) is 0 Å². The first-order valence-electron chi connectivity index (χ1n) is 6.81. The topological polar surface area (TPSA) is 24.5 Å². The highest BCUT2D eigenvalue weighted by Gasteiger charge is 2.00. The van der Waals surface area contributed by atoms with E-state index in [0.717, 1.165) is 18.0 Å². The Morgan fingerprint density at radius 3 is 2.50 bits per heavy atom. The Bertz CT molecular complexity index is 552. The number of nitrogens with one attached hydrogen (secondary N) is 1. The van der Waals surface area contributed by atoms with Crippen LogP contribution in [-0.2, 0) is 13.2 Å². The van der Waals surface area contributed by atoms with Crippen molar-refractivity contribution in [2.75, 3.05) is 26.0 Å². The van der Waals surface area contributed by atoms with Crippen LogP contribution in [0, 0.1) is 0 Å². The Hall–Kier alpha value is -2.00. The van der Waals surface area contributed by atoms with E-state index in [1.807, 2.05) is 33.3 Å². The first kappa shape index (κ1) is 14.4. The van der Waals surface area contributed by atoms with Crippen molar-refractivity contribution in [2.45, 2.75) is 13.2 Å². The highest BCUT2D eigenvalue weighted by Crippen LogP contribution is 2.20. The van der Waals surface area contributed by atoms with Crippen LogP contribution >= 0.6 is 0 Å². The van der Waals surface area contributed by atoms with Gasteiger partial charge in [0.05, 0.1) is 0 Å². The lowest BCUT2D eigenvalue weighted by atomic mass is 10.1. The van der Waals surface area contributed by atoms with Gasteiger partial charge in [0.2, 0.25) is 0 Å². The van der Waals surface area contributed by atoms with E-state index >= 15 is 0 Å². The quantitative estimate of drug-likeness (QED) is 0.873. The van der Waals surface area contributed by atoms with E-state index < -0.39 is 0 Å². The summed E-state index contributed by atoms with van der Waals surface area (Å²) in [5, 5.41) is 3.16. The summed E-state index contributed by atoms with van der Waals surface area (Å²) in [5.41, 5.74) is 3.61. The van der Waals surface area contributed by atoms with Crippen LogP contribution in [-0.4, -0.2) is 21.1 Å². The van der Waals surface area contributed by atoms with Crippen LogP contribution in [0.5, 0.6) is 5.75 Å². The number of ether oxygens (including phenoxy) is 1. The zero-order valence-electron chi connectivity index (χ0n) is 12.4. The molecule has 2 rings (SSSR count). The molecule has 106 valence electrons. The van der Waals surface area contributed by atoms with Crippen molar-refractivity contribution in [3.8, 4) is 5.75 Å². The Kier molecular flexibility index (Phi) is 5.02. The van der Waals surface area contributed by atoms with E-state index in [1.165, 1.54) is 11.1 Å². The van der Waals surface area contributed by atoms with E-state index in [1.54, 1.807) is 0 Å². The highest BCUT2D eigenvalue weighted by atomic mass is 16.5. The van der Waals surface area contributed by atoms with Crippen molar-refractivity contribution in [3.63, 3.8) is 0 Å². The molecule has 3 heteroatoms. The number of hydrogen-bond acceptors (Lipinski definition) is 3. The van der Waals surface area contributed by atoms with Crippen LogP contribution in [0.1, 0.15) is 11.1 Å². The lowest BCUT2D eigenvalue weighted by Gasteiger charge is -2.14. The lowest BCUT2D eigenvalue weighted by molar-refractivity contribution is 0.306. The lowest BCUT2D eigenvalue weighted by Crippen LogP contribution is -2.08. The summed E-state index contributed by atoms with van der Waals surface area (Å²) in [5.74, 6) is 0.898. The summed E-state index contributed by atoms with van der Waals surface area (Å²) < 4.78 is 5.87. The summed E-state index contributed by atoms with van der Waals surface area (Å²) in [7, 11) is 6.01. The number of hydrogen-bond donors (Lipinski definition) is 1. The van der Waals surface area contributed by atoms with Gasteiger partial charge in [-0.2, -0.15) is 0 Å². The Balaban J connectivity index is 2.01. The molecular formula is C17H22N2O. The molecule has 0 amide bonds. The van der Waals surface area contributed by atoms with Crippen LogP contribution in [0.25, 0.3) is 0 Å². The van der Waals surface area contributed by atoms with Crippen LogP contribution in [0.15, 0.2) is 48.5 Å². The molecule has 2 aromatic carbocycles. The molecule has 1 N–H and O–H groups in total. The number of anilines is 1. The summed E-state index contributed by atoms with van der Waals surface area (Å²) >= 11 is 0. The predicted molar refractivity (Wildman–Crippen MR) is 84.3 cm³/mol. The fraction of sp³-hybridized carbons (Fsp3) is 0.294. The van der Waals surface area contributed by atoms with Crippen LogP contribution in [0.2, 0.25) is 0 Å². The largest absolute Gasteiger partial charge is 0.489 e. The Labute approximate surface area is 121 Å². The maximum Gasteiger partial charge on any atom is 0.121 e. The Morgan fingerprint density at radius 2 is 1.75 bits per heavy atom. The van der Waals surface area contributed by atoms with Crippen molar-refractivity contribution in [1.82, 2.24) is 5.32 Å². The van der Waals surface area contributed by atoms with Gasteiger partial charge in [0, 0.05) is 32.4 Å². The number of benzene rings is 2. The van der Waals surface area contributed by atoms with Gasteiger partial charge in [-0.1, -0.05) is 30.3 Å². The van der Waals surface area contributed by atoms with Crippen LogP contribution in [0.3, 0.4) is 0 Å². The average molecular weight is 270 g/mol. The van der Waals surface area contributed by atoms with Crippen molar-refractivity contribution < 1.29 is 4.74 Å². The molecule has 20 heavy (non-hydrogen) atoms. The monoisotopic (exact) mass is 270 g/mol. The molecule has 0 aromatic heterocycles. The van der Waals surface area contributed by atoms with Crippen molar-refractivity contribution in [1.29, 1.82) is 0 Å². The minimum Gasteiger partial charge on any atom is -0.489 e. The normalized spacial score (nSPS) is 10.3. The second-order valence-electron chi connectivity index (χ2n) is 5.03. The third-order valence-electron chi connectivity index (χ3n) is 3.11. The van der Waals surface area contributed by atoms with Crippen LogP contribution in [0.4, 0.5) is 5.69 Å². The predicted octanol–water partition coefficient (Wildman–Crippen LogP) is 3.05. The summed E-state index contributed by atoms with van der Waals surface area (Å²) in [6, 6.07) is 16.6. The molecular weight excluding hydrogens is 248 g/mol. The van der Waals surface area contributed by atoms with Crippen molar-refractivity contribution in [3.05, 3.63) is 59.7 Å². The van der Waals surface area contributed by atoms with E-state index in [9.17, 15) is 0 Å². The fourth-order valence-corrected chi connectivity index (χ4v) is 2.05. The summed E-state index contributed by atoms with van der Waals surface area (Å²) in [4.78, 5) is 2.07. The van der Waals surface area contributed by atoms with E-state index in [2.05, 4.69) is 46.6 Å². The van der Waals surface area contributed by atoms with Gasteiger partial charge in [-0.05, 0) is 30.3 Å². The molecule has 0 fully saturated rings. The zero-order chi connectivity index (χ0) is 14.4. The standard InChI is InChI=1S/C17H22N2O/c1-18-12-14-6-4-7-15(10-14)13-20-17-9-5-8-16(11-17)19(2)3/h4-11,18H,12-13H2,1-3H3. The molecule has 2 aromatic rings. The molecule has 0 saturated heterocycles. The fourth-order valence-electron chi connectivity index (χ4n) is 2.05. The molecule has 0 aliphatic carbocycles. The van der Waals surface area contributed by atoms with E-state index in [4.69, 9.17) is 4.74 Å². The zero-order valence-corrected chi connectivity index (χ0v) is 12.4. The highest BCUT2D eigenvalue weighted by molar-refractivity contribution is 5.49. The second kappa shape index (κ2) is 6.96. The maximum absolute atomic E-state index is 5.87. The number of nitrogens with zero attached hydrogens (tertiary/aromatic N) is 1. The van der Waals surface area contributed by atoms with E-state index in [-0.39, 0.29) is 0 Å². The maximum atomic E-state index is 5.87. The van der Waals surface area contributed by atoms with Gasteiger partial charge in [0.25, 0.3) is 0 Å². The first-order valence-corrected chi connectivity index (χ1v) is 6.81. The number of rotatable bonds is 6. The molecule has 3 nitrogen and oxygen atoms in total. The van der Waals surface area contributed by atoms with Gasteiger partial charge in [-0.25, -0.2) is 0 Å². The van der Waals surface area contributed by atoms with Crippen molar-refractivity contribution >= 4 is 5.69 Å². The van der Waals surface area contributed by atoms with Crippen molar-refractivity contribution in [2.24, 2.45) is 0 Å². The molecule has 0 spiro atoms. The average Bonchev–Trinajstić information content (AvgIpc) is 2.46. The molecule has 0 aliphatic rings. The third-order valence-corrected chi connectivity index (χ3v) is 3.11. The SMILES string of the molecule is CNCc1cccc(COc2cccc(N(C)C)c2)c1. The van der Waals surface area contributed by atoms with Gasteiger partial charge in [0.15, 0.2) is 0 Å². The van der Waals surface area contributed by atoms with Gasteiger partial charge >= 0.3 is 0 Å². The summed E-state index contributed by atoms with van der Waals surface area (Å²) in [6.45, 7) is 1.47. The molecule has 0 aliphatic heterocycles. The molecule has 0 bridgehead atoms. The smallest absolute Gasteiger partial charge is 0.121 e. The molecule has 0 atom stereocenters. The van der Waals surface area contributed by atoms with E-state index in [0.29, 0.717) is 6.61 Å². The molecule has 0 heterocycles. The Morgan fingerprint density at radius 1 is 1.00 bits per heavy atom.